The number of imidazole rings is 1. The van der Waals surface area contributed by atoms with Crippen LogP contribution >= 0.6 is 18.1 Å². The normalized spacial score (nSPS) is 27.8. The van der Waals surface area contributed by atoms with Gasteiger partial charge in [-0.1, -0.05) is 11.4 Å². The first-order valence-electron chi connectivity index (χ1n) is 13.5. The standard InChI is InChI=1S/C24H37N8O10PS/c1-11(2)41-20(35)12(3)29-43(38,44-9-13-19(34)31(6)23(36)30(13)5)40-8-14-16(33)24(4,37)21(42-14)32-10-26-15-17(32)27-22(25)28-18(15)39-7/h10-14,16,21,33,37H,8-9H2,1-7H3,(H,29,38)(H2,25,27,28)/t12-,13-,14-,16-,21-,24-,43?/m1/s1. The molecule has 5 N–H and O–H groups in total. The summed E-state index contributed by atoms with van der Waals surface area (Å²) in [6, 6.07) is -2.56. The summed E-state index contributed by atoms with van der Waals surface area (Å²) in [5.74, 6) is -1.36. The van der Waals surface area contributed by atoms with E-state index in [1.165, 1.54) is 50.8 Å². The maximum Gasteiger partial charge on any atom is 0.327 e. The van der Waals surface area contributed by atoms with Crippen molar-refractivity contribution in [2.24, 2.45) is 0 Å². The Labute approximate surface area is 256 Å². The number of hydrogen-bond acceptors (Lipinski definition) is 15. The molecule has 4 heterocycles. The first kappa shape index (κ1) is 33.8. The highest BCUT2D eigenvalue weighted by Crippen LogP contribution is 2.57. The number of aromatic nitrogens is 4. The van der Waals surface area contributed by atoms with E-state index in [-0.39, 0.29) is 28.7 Å². The minimum Gasteiger partial charge on any atom is -0.479 e. The number of nitrogens with two attached hydrogens (primary N) is 1. The van der Waals surface area contributed by atoms with Crippen LogP contribution in [0.5, 0.6) is 5.88 Å². The fourth-order valence-corrected chi connectivity index (χ4v) is 8.68. The van der Waals surface area contributed by atoms with Crippen LogP contribution in [0.25, 0.3) is 11.2 Å². The van der Waals surface area contributed by atoms with Gasteiger partial charge in [0.25, 0.3) is 5.91 Å². The van der Waals surface area contributed by atoms with Gasteiger partial charge in [-0.2, -0.15) is 9.97 Å². The van der Waals surface area contributed by atoms with E-state index in [9.17, 15) is 29.2 Å². The number of nitrogens with zero attached hydrogens (tertiary/aromatic N) is 6. The van der Waals surface area contributed by atoms with Crippen molar-refractivity contribution in [1.29, 1.82) is 0 Å². The molecule has 2 saturated heterocycles. The van der Waals surface area contributed by atoms with Crippen molar-refractivity contribution in [2.75, 3.05) is 39.3 Å². The Morgan fingerprint density at radius 1 is 1.30 bits per heavy atom. The van der Waals surface area contributed by atoms with Crippen LogP contribution < -0.4 is 15.6 Å². The molecular formula is C24H37N8O10PS. The number of fused-ring (bicyclic) bond motifs is 1. The Morgan fingerprint density at radius 3 is 2.57 bits per heavy atom. The monoisotopic (exact) mass is 660 g/mol. The lowest BCUT2D eigenvalue weighted by Crippen LogP contribution is -2.44. The summed E-state index contributed by atoms with van der Waals surface area (Å²) in [5.41, 5.74) is 4.28. The summed E-state index contributed by atoms with van der Waals surface area (Å²) in [4.78, 5) is 51.9. The van der Waals surface area contributed by atoms with Gasteiger partial charge in [-0.05, 0) is 27.7 Å². The second kappa shape index (κ2) is 12.7. The van der Waals surface area contributed by atoms with Crippen molar-refractivity contribution < 1.29 is 47.9 Å². The molecule has 1 unspecified atom stereocenters. The summed E-state index contributed by atoms with van der Waals surface area (Å²) < 4.78 is 37.6. The minimum atomic E-state index is -4.06. The molecular weight excluding hydrogens is 623 g/mol. The zero-order valence-electron chi connectivity index (χ0n) is 25.2. The summed E-state index contributed by atoms with van der Waals surface area (Å²) in [6.07, 6.45) is -3.16. The predicted octanol–water partition coefficient (Wildman–Crippen LogP) is 0.106. The topological polar surface area (TPSA) is 234 Å². The number of ether oxygens (including phenoxy) is 3. The van der Waals surface area contributed by atoms with E-state index in [1.54, 1.807) is 13.8 Å². The van der Waals surface area contributed by atoms with Crippen molar-refractivity contribution in [3.05, 3.63) is 6.33 Å². The van der Waals surface area contributed by atoms with Crippen molar-refractivity contribution in [2.45, 2.75) is 69.9 Å². The number of nitrogen functional groups attached to an aromatic ring is 1. The Bertz CT molecular complexity index is 1470. The Morgan fingerprint density at radius 2 is 1.98 bits per heavy atom. The number of aliphatic hydroxyl groups excluding tert-OH is 1. The number of imide groups is 1. The third kappa shape index (κ3) is 6.49. The molecule has 2 aliphatic rings. The van der Waals surface area contributed by atoms with Gasteiger partial charge in [0.1, 0.15) is 29.9 Å². The van der Waals surface area contributed by atoms with Crippen molar-refractivity contribution in [1.82, 2.24) is 34.4 Å². The Kier molecular flexibility index (Phi) is 9.80. The van der Waals surface area contributed by atoms with E-state index in [0.717, 1.165) is 4.90 Å². The number of urea groups is 1. The van der Waals surface area contributed by atoms with E-state index in [2.05, 4.69) is 20.0 Å². The average molecular weight is 661 g/mol. The number of esters is 1. The van der Waals surface area contributed by atoms with Gasteiger partial charge in [-0.25, -0.2) is 14.9 Å². The van der Waals surface area contributed by atoms with Crippen LogP contribution in [0.1, 0.15) is 33.9 Å². The molecule has 2 aliphatic heterocycles. The number of carbonyl (C=O) groups excluding carboxylic acids is 3. The highest BCUT2D eigenvalue weighted by Gasteiger charge is 2.54. The van der Waals surface area contributed by atoms with Crippen LogP contribution in [0.2, 0.25) is 0 Å². The first-order valence-corrected chi connectivity index (χ1v) is 16.7. The SMILES string of the molecule is COc1nc(N)nc2c1ncn2[C@@H]1O[C@H](COP(=O)(N[C@H](C)C(=O)OC(C)C)SC[C@@H]2C(=O)N(C)C(=O)N2C)[C@@H](O)[C@@]1(C)O. The van der Waals surface area contributed by atoms with Crippen LogP contribution in [0.4, 0.5) is 10.7 Å². The minimum absolute atomic E-state index is 0.0951. The zero-order valence-corrected chi connectivity index (χ0v) is 26.9. The van der Waals surface area contributed by atoms with Crippen LogP contribution in [-0.2, 0) is 28.2 Å². The molecule has 2 aromatic rings. The number of methoxy groups -OCH3 is 1. The number of carbonyl (C=O) groups is 3. The van der Waals surface area contributed by atoms with Gasteiger partial charge in [0.2, 0.25) is 11.8 Å². The largest absolute Gasteiger partial charge is 0.479 e. The number of anilines is 1. The van der Waals surface area contributed by atoms with E-state index in [0.29, 0.717) is 11.4 Å². The lowest BCUT2D eigenvalue weighted by Gasteiger charge is -2.27. The summed E-state index contributed by atoms with van der Waals surface area (Å²) in [6.45, 7) is 1.50. The van der Waals surface area contributed by atoms with Gasteiger partial charge >= 0.3 is 18.7 Å². The molecule has 4 rings (SSSR count). The highest BCUT2D eigenvalue weighted by molar-refractivity contribution is 8.56. The molecule has 3 amide bonds. The number of likely N-dealkylation sites (N-methyl/N-ethyl adjacent to an activating group) is 2. The third-order valence-corrected chi connectivity index (χ3v) is 11.2. The molecule has 0 aromatic carbocycles. The fraction of sp³-hybridized carbons (Fsp3) is 0.667. The van der Waals surface area contributed by atoms with Gasteiger partial charge in [0.15, 0.2) is 17.4 Å². The number of aliphatic hydroxyl groups is 2. The van der Waals surface area contributed by atoms with E-state index >= 15 is 0 Å². The van der Waals surface area contributed by atoms with Gasteiger partial charge in [-0.15, -0.1) is 0 Å². The second-order valence-electron chi connectivity index (χ2n) is 10.8. The van der Waals surface area contributed by atoms with Crippen molar-refractivity contribution >= 4 is 53.1 Å². The van der Waals surface area contributed by atoms with Gasteiger partial charge in [0.05, 0.1) is 26.1 Å². The van der Waals surface area contributed by atoms with E-state index in [1.807, 2.05) is 0 Å². The Balaban J connectivity index is 1.55. The molecule has 244 valence electrons. The summed E-state index contributed by atoms with van der Waals surface area (Å²) >= 11 is 0.701. The van der Waals surface area contributed by atoms with E-state index in [4.69, 9.17) is 24.5 Å². The molecule has 20 heteroatoms. The number of nitrogens with one attached hydrogen (secondary N) is 1. The lowest BCUT2D eigenvalue weighted by molar-refractivity contribution is -0.149. The summed E-state index contributed by atoms with van der Waals surface area (Å²) in [7, 11) is 4.16. The molecule has 44 heavy (non-hydrogen) atoms. The molecule has 0 radical (unpaired) electrons. The van der Waals surface area contributed by atoms with Crippen LogP contribution in [0.15, 0.2) is 6.33 Å². The zero-order chi connectivity index (χ0) is 32.7. The molecule has 2 aromatic heterocycles. The van der Waals surface area contributed by atoms with E-state index < -0.39 is 73.5 Å². The molecule has 0 bridgehead atoms. The molecule has 7 atom stereocenters. The van der Waals surface area contributed by atoms with Crippen LogP contribution in [0.3, 0.4) is 0 Å². The van der Waals surface area contributed by atoms with Gasteiger partial charge in [0, 0.05) is 19.8 Å². The quantitative estimate of drug-likeness (QED) is 0.134. The number of hydrogen-bond donors (Lipinski definition) is 4. The Hall–Kier alpha value is -3.06. The van der Waals surface area contributed by atoms with Gasteiger partial charge in [-0.3, -0.25) is 23.6 Å². The van der Waals surface area contributed by atoms with Gasteiger partial charge < -0.3 is 39.6 Å². The van der Waals surface area contributed by atoms with Crippen LogP contribution in [-0.4, -0.2) is 127 Å². The van der Waals surface area contributed by atoms with Crippen molar-refractivity contribution in [3.8, 4) is 5.88 Å². The van der Waals surface area contributed by atoms with Crippen molar-refractivity contribution in [3.63, 3.8) is 0 Å². The number of amides is 3. The molecule has 0 saturated carbocycles. The molecule has 0 aliphatic carbocycles. The predicted molar refractivity (Wildman–Crippen MR) is 156 cm³/mol. The molecule has 2 fully saturated rings. The average Bonchev–Trinajstić information content (AvgIpc) is 3.52. The maximum absolute atomic E-state index is 14.1. The molecule has 0 spiro atoms. The smallest absolute Gasteiger partial charge is 0.327 e. The number of rotatable bonds is 12. The van der Waals surface area contributed by atoms with Crippen LogP contribution in [0, 0.1) is 0 Å². The molecule has 18 nitrogen and oxygen atoms in total. The fourth-order valence-electron chi connectivity index (χ4n) is 4.71. The highest BCUT2D eigenvalue weighted by atomic mass is 32.7. The third-order valence-electron chi connectivity index (χ3n) is 7.15. The second-order valence-corrected chi connectivity index (χ2v) is 15.2. The summed E-state index contributed by atoms with van der Waals surface area (Å²) in [5, 5.41) is 25.0. The lowest BCUT2D eigenvalue weighted by atomic mass is 9.96. The first-order chi connectivity index (χ1) is 20.5. The maximum atomic E-state index is 14.1.